The van der Waals surface area contributed by atoms with Crippen LogP contribution in [0.4, 0.5) is 5.69 Å². The highest BCUT2D eigenvalue weighted by molar-refractivity contribution is 5.39. The molecule has 2 aromatic carbocycles. The highest BCUT2D eigenvalue weighted by Crippen LogP contribution is 2.14. The van der Waals surface area contributed by atoms with Gasteiger partial charge in [0.15, 0.2) is 0 Å². The van der Waals surface area contributed by atoms with Crippen LogP contribution in [0, 0.1) is 18.3 Å². The van der Waals surface area contributed by atoms with Gasteiger partial charge in [0.1, 0.15) is 0 Å². The van der Waals surface area contributed by atoms with Crippen LogP contribution in [0.1, 0.15) is 22.3 Å². The van der Waals surface area contributed by atoms with Gasteiger partial charge >= 0.3 is 0 Å². The number of nitrogens with two attached hydrogens (primary N) is 1. The maximum absolute atomic E-state index is 8.88. The Bertz CT molecular complexity index is 624. The third kappa shape index (κ3) is 3.59. The molecule has 0 aromatic heterocycles. The molecule has 0 spiro atoms. The Morgan fingerprint density at radius 1 is 1.10 bits per heavy atom. The number of nitriles is 1. The molecule has 0 aliphatic carbocycles. The van der Waals surface area contributed by atoms with E-state index in [1.807, 2.05) is 37.3 Å². The molecule has 0 saturated heterocycles. The summed E-state index contributed by atoms with van der Waals surface area (Å²) in [5.74, 6) is 0. The van der Waals surface area contributed by atoms with E-state index >= 15 is 0 Å². The second kappa shape index (κ2) is 6.23. The van der Waals surface area contributed by atoms with E-state index in [1.54, 1.807) is 0 Å². The molecular weight excluding hydrogens is 246 g/mol. The van der Waals surface area contributed by atoms with Crippen LogP contribution in [0.15, 0.2) is 42.5 Å². The quantitative estimate of drug-likeness (QED) is 0.864. The number of rotatable bonds is 4. The van der Waals surface area contributed by atoms with Crippen LogP contribution >= 0.6 is 0 Å². The molecule has 2 N–H and O–H groups in total. The van der Waals surface area contributed by atoms with E-state index in [2.05, 4.69) is 30.1 Å². The van der Waals surface area contributed by atoms with Crippen LogP contribution in [-0.2, 0) is 13.1 Å². The average molecular weight is 265 g/mol. The summed E-state index contributed by atoms with van der Waals surface area (Å²) in [6, 6.07) is 16.0. The topological polar surface area (TPSA) is 53.0 Å². The molecular formula is C17H19N3. The number of hydrogen-bond donors (Lipinski definition) is 1. The van der Waals surface area contributed by atoms with E-state index in [1.165, 1.54) is 11.1 Å². The molecule has 0 radical (unpaired) electrons. The smallest absolute Gasteiger partial charge is 0.0991 e. The van der Waals surface area contributed by atoms with Crippen LogP contribution in [0.5, 0.6) is 0 Å². The molecule has 0 bridgehead atoms. The Balaban J connectivity index is 2.03. The van der Waals surface area contributed by atoms with E-state index in [0.29, 0.717) is 5.56 Å². The van der Waals surface area contributed by atoms with Gasteiger partial charge in [-0.05, 0) is 54.9 Å². The molecule has 3 nitrogen and oxygen atoms in total. The van der Waals surface area contributed by atoms with Crippen LogP contribution in [-0.4, -0.2) is 11.9 Å². The van der Waals surface area contributed by atoms with Gasteiger partial charge in [-0.1, -0.05) is 18.2 Å². The van der Waals surface area contributed by atoms with Gasteiger partial charge < -0.3 is 5.73 Å². The highest BCUT2D eigenvalue weighted by Gasteiger charge is 2.05. The Morgan fingerprint density at radius 3 is 2.40 bits per heavy atom. The molecule has 0 aliphatic heterocycles. The lowest BCUT2D eigenvalue weighted by Gasteiger charge is -2.18. The lowest BCUT2D eigenvalue weighted by atomic mass is 10.0. The molecule has 0 aliphatic rings. The molecule has 3 heteroatoms. The molecule has 0 heterocycles. The SMILES string of the molecule is Cc1cc(C#N)ccc1CN(C)Cc1ccc(N)cc1. The second-order valence-corrected chi connectivity index (χ2v) is 5.17. The van der Waals surface area contributed by atoms with Crippen molar-refractivity contribution in [1.29, 1.82) is 5.26 Å². The maximum Gasteiger partial charge on any atom is 0.0991 e. The summed E-state index contributed by atoms with van der Waals surface area (Å²) in [6.07, 6.45) is 0. The summed E-state index contributed by atoms with van der Waals surface area (Å²) in [7, 11) is 2.09. The predicted octanol–water partition coefficient (Wildman–Crippen LogP) is 3.08. The Kier molecular flexibility index (Phi) is 4.39. The standard InChI is InChI=1S/C17H19N3/c1-13-9-15(10-18)3-6-16(13)12-20(2)11-14-4-7-17(19)8-5-14/h3-9H,11-12,19H2,1-2H3. The van der Waals surface area contributed by atoms with Gasteiger partial charge in [-0.2, -0.15) is 5.26 Å². The van der Waals surface area contributed by atoms with Crippen molar-refractivity contribution >= 4 is 5.69 Å². The van der Waals surface area contributed by atoms with E-state index in [0.717, 1.165) is 24.3 Å². The molecule has 0 amide bonds. The zero-order valence-corrected chi connectivity index (χ0v) is 11.9. The first-order valence-corrected chi connectivity index (χ1v) is 6.61. The van der Waals surface area contributed by atoms with Crippen LogP contribution in [0.3, 0.4) is 0 Å². The lowest BCUT2D eigenvalue weighted by molar-refractivity contribution is 0.318. The largest absolute Gasteiger partial charge is 0.399 e. The fourth-order valence-electron chi connectivity index (χ4n) is 2.22. The number of nitrogen functional groups attached to an aromatic ring is 1. The fraction of sp³-hybridized carbons (Fsp3) is 0.235. The zero-order chi connectivity index (χ0) is 14.5. The fourth-order valence-corrected chi connectivity index (χ4v) is 2.22. The Labute approximate surface area is 120 Å². The summed E-state index contributed by atoms with van der Waals surface area (Å²) in [6.45, 7) is 3.79. The number of benzene rings is 2. The van der Waals surface area contributed by atoms with Crippen LogP contribution < -0.4 is 5.73 Å². The Morgan fingerprint density at radius 2 is 1.80 bits per heavy atom. The first kappa shape index (κ1) is 14.1. The first-order chi connectivity index (χ1) is 9.58. The minimum Gasteiger partial charge on any atom is -0.399 e. The van der Waals surface area contributed by atoms with Gasteiger partial charge in [0.2, 0.25) is 0 Å². The molecule has 0 saturated carbocycles. The van der Waals surface area contributed by atoms with Gasteiger partial charge in [-0.25, -0.2) is 0 Å². The molecule has 0 fully saturated rings. The number of aryl methyl sites for hydroxylation is 1. The van der Waals surface area contributed by atoms with Crippen molar-refractivity contribution in [2.24, 2.45) is 0 Å². The van der Waals surface area contributed by atoms with Crippen molar-refractivity contribution in [2.45, 2.75) is 20.0 Å². The van der Waals surface area contributed by atoms with E-state index in [4.69, 9.17) is 11.0 Å². The van der Waals surface area contributed by atoms with Crippen molar-refractivity contribution in [3.8, 4) is 6.07 Å². The monoisotopic (exact) mass is 265 g/mol. The molecule has 0 atom stereocenters. The number of nitrogens with zero attached hydrogens (tertiary/aromatic N) is 2. The molecule has 2 rings (SSSR count). The highest BCUT2D eigenvalue weighted by atomic mass is 15.1. The third-order valence-corrected chi connectivity index (χ3v) is 3.34. The minimum atomic E-state index is 0.715. The lowest BCUT2D eigenvalue weighted by Crippen LogP contribution is -2.17. The molecule has 102 valence electrons. The first-order valence-electron chi connectivity index (χ1n) is 6.61. The molecule has 2 aromatic rings. The Hall–Kier alpha value is -2.31. The van der Waals surface area contributed by atoms with E-state index in [-0.39, 0.29) is 0 Å². The summed E-state index contributed by atoms with van der Waals surface area (Å²) in [5.41, 5.74) is 10.9. The normalized spacial score (nSPS) is 10.5. The van der Waals surface area contributed by atoms with Gasteiger partial charge in [-0.3, -0.25) is 4.90 Å². The zero-order valence-electron chi connectivity index (χ0n) is 11.9. The summed E-state index contributed by atoms with van der Waals surface area (Å²) >= 11 is 0. The average Bonchev–Trinajstić information content (AvgIpc) is 2.43. The summed E-state index contributed by atoms with van der Waals surface area (Å²) in [4.78, 5) is 2.25. The maximum atomic E-state index is 8.88. The third-order valence-electron chi connectivity index (χ3n) is 3.34. The molecule has 0 unspecified atom stereocenters. The van der Waals surface area contributed by atoms with E-state index in [9.17, 15) is 0 Å². The van der Waals surface area contributed by atoms with Crippen molar-refractivity contribution in [1.82, 2.24) is 4.90 Å². The van der Waals surface area contributed by atoms with Crippen molar-refractivity contribution in [2.75, 3.05) is 12.8 Å². The predicted molar refractivity (Wildman–Crippen MR) is 81.9 cm³/mol. The van der Waals surface area contributed by atoms with Crippen molar-refractivity contribution in [3.63, 3.8) is 0 Å². The summed E-state index contributed by atoms with van der Waals surface area (Å²) in [5, 5.41) is 8.88. The second-order valence-electron chi connectivity index (χ2n) is 5.17. The van der Waals surface area contributed by atoms with Gasteiger partial charge in [-0.15, -0.1) is 0 Å². The van der Waals surface area contributed by atoms with E-state index < -0.39 is 0 Å². The summed E-state index contributed by atoms with van der Waals surface area (Å²) < 4.78 is 0. The number of anilines is 1. The minimum absolute atomic E-state index is 0.715. The van der Waals surface area contributed by atoms with Crippen LogP contribution in [0.25, 0.3) is 0 Å². The molecule has 20 heavy (non-hydrogen) atoms. The van der Waals surface area contributed by atoms with Crippen molar-refractivity contribution in [3.05, 3.63) is 64.7 Å². The number of hydrogen-bond acceptors (Lipinski definition) is 3. The van der Waals surface area contributed by atoms with Gasteiger partial charge in [0.25, 0.3) is 0 Å². The van der Waals surface area contributed by atoms with Gasteiger partial charge in [0, 0.05) is 18.8 Å². The van der Waals surface area contributed by atoms with Crippen LogP contribution in [0.2, 0.25) is 0 Å². The van der Waals surface area contributed by atoms with Gasteiger partial charge in [0.05, 0.1) is 11.6 Å². The van der Waals surface area contributed by atoms with Crippen molar-refractivity contribution < 1.29 is 0 Å².